The average Bonchev–Trinajstić information content (AvgIpc) is 3.00. The molecule has 3 aromatic carbocycles. The summed E-state index contributed by atoms with van der Waals surface area (Å²) < 4.78 is 0. The van der Waals surface area contributed by atoms with Crippen LogP contribution in [-0.2, 0) is 19.3 Å². The van der Waals surface area contributed by atoms with E-state index in [1.54, 1.807) is 6.07 Å². The maximum absolute atomic E-state index is 9.42. The highest BCUT2D eigenvalue weighted by atomic mass is 16.3. The van der Waals surface area contributed by atoms with Crippen LogP contribution in [0.2, 0.25) is 0 Å². The van der Waals surface area contributed by atoms with E-state index in [0.717, 1.165) is 24.8 Å². The SMILES string of the molecule is CCc1cccc(O)c1CC.c1ccc2c(c1)Cc1ccccc1-2. The third-order valence-corrected chi connectivity index (χ3v) is 4.69. The first-order valence-corrected chi connectivity index (χ1v) is 8.70. The van der Waals surface area contributed by atoms with Crippen molar-refractivity contribution in [2.75, 3.05) is 0 Å². The van der Waals surface area contributed by atoms with Crippen LogP contribution in [0.5, 0.6) is 5.75 Å². The van der Waals surface area contributed by atoms with Crippen molar-refractivity contribution in [3.05, 3.63) is 89.0 Å². The molecule has 0 unspecified atom stereocenters. The number of aromatic hydroxyl groups is 1. The van der Waals surface area contributed by atoms with Gasteiger partial charge in [-0.3, -0.25) is 0 Å². The van der Waals surface area contributed by atoms with E-state index in [-0.39, 0.29) is 0 Å². The Hall–Kier alpha value is -2.54. The van der Waals surface area contributed by atoms with Gasteiger partial charge in [0.15, 0.2) is 0 Å². The predicted molar refractivity (Wildman–Crippen MR) is 102 cm³/mol. The first-order valence-electron chi connectivity index (χ1n) is 8.70. The van der Waals surface area contributed by atoms with E-state index in [4.69, 9.17) is 0 Å². The van der Waals surface area contributed by atoms with Crippen LogP contribution >= 0.6 is 0 Å². The van der Waals surface area contributed by atoms with Crippen molar-refractivity contribution in [3.8, 4) is 16.9 Å². The number of phenols is 1. The normalized spacial score (nSPS) is 11.2. The van der Waals surface area contributed by atoms with Crippen LogP contribution in [0.25, 0.3) is 11.1 Å². The molecule has 3 aromatic rings. The number of hydrogen-bond acceptors (Lipinski definition) is 1. The fraction of sp³-hybridized carbons (Fsp3) is 0.217. The van der Waals surface area contributed by atoms with Gasteiger partial charge in [0.05, 0.1) is 0 Å². The van der Waals surface area contributed by atoms with Gasteiger partial charge in [-0.1, -0.05) is 74.5 Å². The van der Waals surface area contributed by atoms with Crippen LogP contribution in [0.1, 0.15) is 36.1 Å². The van der Waals surface area contributed by atoms with Gasteiger partial charge in [-0.05, 0) is 58.7 Å². The predicted octanol–water partition coefficient (Wildman–Crippen LogP) is 5.77. The summed E-state index contributed by atoms with van der Waals surface area (Å²) in [5.41, 5.74) is 8.10. The molecular weight excluding hydrogens is 292 g/mol. The zero-order valence-electron chi connectivity index (χ0n) is 14.4. The van der Waals surface area contributed by atoms with Gasteiger partial charge in [0.2, 0.25) is 0 Å². The van der Waals surface area contributed by atoms with Crippen LogP contribution in [0, 0.1) is 0 Å². The first kappa shape index (κ1) is 16.3. The number of phenolic OH excluding ortho intramolecular Hbond substituents is 1. The van der Waals surface area contributed by atoms with Crippen LogP contribution in [0.3, 0.4) is 0 Å². The average molecular weight is 316 g/mol. The van der Waals surface area contributed by atoms with Crippen LogP contribution < -0.4 is 0 Å². The summed E-state index contributed by atoms with van der Waals surface area (Å²) >= 11 is 0. The highest BCUT2D eigenvalue weighted by Crippen LogP contribution is 2.35. The Morgan fingerprint density at radius 3 is 1.79 bits per heavy atom. The Kier molecular flexibility index (Phi) is 5.00. The molecule has 1 aliphatic carbocycles. The van der Waals surface area contributed by atoms with Crippen LogP contribution in [-0.4, -0.2) is 5.11 Å². The lowest BCUT2D eigenvalue weighted by Crippen LogP contribution is -1.90. The molecule has 1 aliphatic rings. The van der Waals surface area contributed by atoms with E-state index in [9.17, 15) is 5.11 Å². The molecule has 0 radical (unpaired) electrons. The second-order valence-corrected chi connectivity index (χ2v) is 6.11. The van der Waals surface area contributed by atoms with Crippen molar-refractivity contribution in [1.82, 2.24) is 0 Å². The summed E-state index contributed by atoms with van der Waals surface area (Å²) in [6, 6.07) is 23.0. The lowest BCUT2D eigenvalue weighted by atomic mass is 10.0. The Bertz CT molecular complexity index is 789. The Morgan fingerprint density at radius 1 is 0.708 bits per heavy atom. The molecule has 0 atom stereocenters. The molecule has 0 saturated carbocycles. The van der Waals surface area contributed by atoms with E-state index in [1.807, 2.05) is 6.07 Å². The van der Waals surface area contributed by atoms with Gasteiger partial charge in [0, 0.05) is 0 Å². The highest BCUT2D eigenvalue weighted by Gasteiger charge is 2.15. The monoisotopic (exact) mass is 316 g/mol. The van der Waals surface area contributed by atoms with Gasteiger partial charge in [-0.25, -0.2) is 0 Å². The molecule has 1 nitrogen and oxygen atoms in total. The van der Waals surface area contributed by atoms with E-state index in [1.165, 1.54) is 27.8 Å². The van der Waals surface area contributed by atoms with Gasteiger partial charge in [-0.15, -0.1) is 0 Å². The lowest BCUT2D eigenvalue weighted by Gasteiger charge is -2.06. The molecule has 0 heterocycles. The summed E-state index contributed by atoms with van der Waals surface area (Å²) in [4.78, 5) is 0. The molecule has 1 N–H and O–H groups in total. The standard InChI is InChI=1S/C13H10.C10H14O/c1-3-7-12-10(5-1)9-11-6-2-4-8-13(11)12;1-3-8-6-5-7-10(11)9(8)4-2/h1-8H,9H2;5-7,11H,3-4H2,1-2H3. The maximum Gasteiger partial charge on any atom is 0.119 e. The minimum Gasteiger partial charge on any atom is -0.508 e. The molecule has 0 spiro atoms. The Morgan fingerprint density at radius 2 is 1.29 bits per heavy atom. The van der Waals surface area contributed by atoms with Crippen molar-refractivity contribution in [3.63, 3.8) is 0 Å². The first-order chi connectivity index (χ1) is 11.7. The van der Waals surface area contributed by atoms with Gasteiger partial charge in [0.1, 0.15) is 5.75 Å². The fourth-order valence-electron chi connectivity index (χ4n) is 3.44. The number of benzene rings is 3. The zero-order valence-corrected chi connectivity index (χ0v) is 14.4. The van der Waals surface area contributed by atoms with Crippen molar-refractivity contribution in [2.45, 2.75) is 33.1 Å². The summed E-state index contributed by atoms with van der Waals surface area (Å²) in [5.74, 6) is 0.437. The van der Waals surface area contributed by atoms with Crippen molar-refractivity contribution in [1.29, 1.82) is 0 Å². The van der Waals surface area contributed by atoms with Crippen molar-refractivity contribution in [2.24, 2.45) is 0 Å². The van der Waals surface area contributed by atoms with Gasteiger partial charge >= 0.3 is 0 Å². The molecule has 0 fully saturated rings. The van der Waals surface area contributed by atoms with Crippen molar-refractivity contribution < 1.29 is 5.11 Å². The molecule has 122 valence electrons. The number of aryl methyl sites for hydroxylation is 1. The minimum absolute atomic E-state index is 0.437. The summed E-state index contributed by atoms with van der Waals surface area (Å²) in [6.07, 6.45) is 3.01. The summed E-state index contributed by atoms with van der Waals surface area (Å²) in [7, 11) is 0. The van der Waals surface area contributed by atoms with Crippen LogP contribution in [0.15, 0.2) is 66.7 Å². The third kappa shape index (κ3) is 3.21. The maximum atomic E-state index is 9.42. The Labute approximate surface area is 144 Å². The molecule has 0 amide bonds. The molecule has 0 saturated heterocycles. The second-order valence-electron chi connectivity index (χ2n) is 6.11. The molecule has 24 heavy (non-hydrogen) atoms. The topological polar surface area (TPSA) is 20.2 Å². The zero-order chi connectivity index (χ0) is 16.9. The van der Waals surface area contributed by atoms with E-state index in [0.29, 0.717) is 5.75 Å². The Balaban J connectivity index is 0.000000144. The number of rotatable bonds is 2. The van der Waals surface area contributed by atoms with Crippen molar-refractivity contribution >= 4 is 0 Å². The van der Waals surface area contributed by atoms with Gasteiger partial charge < -0.3 is 5.11 Å². The minimum atomic E-state index is 0.437. The van der Waals surface area contributed by atoms with Gasteiger partial charge in [-0.2, -0.15) is 0 Å². The third-order valence-electron chi connectivity index (χ3n) is 4.69. The van der Waals surface area contributed by atoms with Crippen LogP contribution in [0.4, 0.5) is 0 Å². The molecular formula is C23H24O. The quantitative estimate of drug-likeness (QED) is 0.497. The molecule has 0 aromatic heterocycles. The molecule has 0 aliphatic heterocycles. The van der Waals surface area contributed by atoms with Gasteiger partial charge in [0.25, 0.3) is 0 Å². The highest BCUT2D eigenvalue weighted by molar-refractivity contribution is 5.76. The molecule has 0 bridgehead atoms. The number of fused-ring (bicyclic) bond motifs is 3. The summed E-state index contributed by atoms with van der Waals surface area (Å²) in [5, 5.41) is 9.42. The fourth-order valence-corrected chi connectivity index (χ4v) is 3.44. The second kappa shape index (κ2) is 7.35. The lowest BCUT2D eigenvalue weighted by molar-refractivity contribution is 0.468. The number of hydrogen-bond donors (Lipinski definition) is 1. The smallest absolute Gasteiger partial charge is 0.119 e. The largest absolute Gasteiger partial charge is 0.508 e. The van der Waals surface area contributed by atoms with E-state index >= 15 is 0 Å². The summed E-state index contributed by atoms with van der Waals surface area (Å²) in [6.45, 7) is 4.17. The molecule has 4 rings (SSSR count). The van der Waals surface area contributed by atoms with E-state index < -0.39 is 0 Å². The van der Waals surface area contributed by atoms with E-state index in [2.05, 4.69) is 68.4 Å². The molecule has 1 heteroatoms.